The standard InChI is InChI=1S/C33H40O8S6/c1-11-36-18(34)14-42-26-22-20(38-30(3,4)40-22)16(21-23(26)41-31(5,6)39-21)13-17-24-28(46-32(7,8)44-24)27(43-15-19(35)37-12-2)29-25(17)45-33(9,10)47-29/h11-15H2,1-10H3. The van der Waals surface area contributed by atoms with Gasteiger partial charge in [0.2, 0.25) is 11.6 Å². The van der Waals surface area contributed by atoms with Crippen LogP contribution < -0.4 is 18.9 Å². The molecule has 0 atom stereocenters. The molecule has 256 valence electrons. The van der Waals surface area contributed by atoms with Crippen molar-refractivity contribution in [3.05, 3.63) is 11.1 Å². The van der Waals surface area contributed by atoms with Crippen LogP contribution in [0.25, 0.3) is 0 Å². The summed E-state index contributed by atoms with van der Waals surface area (Å²) in [6.07, 6.45) is 0.521. The number of fused-ring (bicyclic) bond motifs is 4. The molecule has 4 aliphatic heterocycles. The minimum Gasteiger partial charge on any atom is -0.465 e. The molecule has 0 aliphatic carbocycles. The Morgan fingerprint density at radius 1 is 0.574 bits per heavy atom. The summed E-state index contributed by atoms with van der Waals surface area (Å²) < 4.78 is 36.3. The third-order valence-corrected chi connectivity index (χ3v) is 15.3. The molecular weight excluding hydrogens is 717 g/mol. The largest absolute Gasteiger partial charge is 0.465 e. The van der Waals surface area contributed by atoms with Gasteiger partial charge in [-0.1, -0.05) is 0 Å². The molecule has 0 N–H and O–H groups in total. The predicted octanol–water partition coefficient (Wildman–Crippen LogP) is 9.47. The average Bonchev–Trinajstić information content (AvgIpc) is 3.65. The first kappa shape index (κ1) is 35.5. The van der Waals surface area contributed by atoms with Gasteiger partial charge in [-0.15, -0.1) is 70.6 Å². The normalized spacial score (nSPS) is 19.8. The maximum Gasteiger partial charge on any atom is 0.316 e. The molecule has 4 heterocycles. The first-order valence-electron chi connectivity index (χ1n) is 15.5. The molecule has 0 unspecified atom stereocenters. The number of rotatable bonds is 10. The van der Waals surface area contributed by atoms with Crippen molar-refractivity contribution < 1.29 is 38.0 Å². The van der Waals surface area contributed by atoms with Crippen LogP contribution in [0.3, 0.4) is 0 Å². The van der Waals surface area contributed by atoms with Gasteiger partial charge in [0.05, 0.1) is 32.9 Å². The molecule has 0 saturated heterocycles. The Morgan fingerprint density at radius 2 is 0.957 bits per heavy atom. The highest BCUT2D eigenvalue weighted by atomic mass is 32.2. The van der Waals surface area contributed by atoms with E-state index >= 15 is 0 Å². The molecule has 0 radical (unpaired) electrons. The molecule has 0 saturated carbocycles. The number of hydrogen-bond acceptors (Lipinski definition) is 14. The molecule has 0 bridgehead atoms. The molecule has 2 aromatic carbocycles. The Bertz CT molecular complexity index is 1440. The zero-order valence-corrected chi connectivity index (χ0v) is 33.1. The van der Waals surface area contributed by atoms with E-state index in [0.717, 1.165) is 10.5 Å². The Balaban J connectivity index is 1.52. The van der Waals surface area contributed by atoms with Gasteiger partial charge in [-0.25, -0.2) is 0 Å². The first-order chi connectivity index (χ1) is 21.9. The van der Waals surface area contributed by atoms with Gasteiger partial charge in [-0.3, -0.25) is 9.59 Å². The third kappa shape index (κ3) is 7.15. The highest BCUT2D eigenvalue weighted by Gasteiger charge is 2.47. The lowest BCUT2D eigenvalue weighted by atomic mass is 10.0. The summed E-state index contributed by atoms with van der Waals surface area (Å²) in [6.45, 7) is 20.8. The fourth-order valence-electron chi connectivity index (χ4n) is 5.65. The van der Waals surface area contributed by atoms with Crippen molar-refractivity contribution in [1.29, 1.82) is 0 Å². The summed E-state index contributed by atoms with van der Waals surface area (Å²) in [5.74, 6) is 0.284. The second kappa shape index (κ2) is 12.8. The second-order valence-corrected chi connectivity index (χ2v) is 22.0. The van der Waals surface area contributed by atoms with Crippen LogP contribution in [0, 0.1) is 0 Å². The summed E-state index contributed by atoms with van der Waals surface area (Å²) in [5, 5.41) is 0. The maximum absolute atomic E-state index is 12.5. The van der Waals surface area contributed by atoms with Crippen LogP contribution in [-0.2, 0) is 25.5 Å². The van der Waals surface area contributed by atoms with Crippen LogP contribution in [-0.4, -0.2) is 56.4 Å². The Morgan fingerprint density at radius 3 is 1.38 bits per heavy atom. The lowest BCUT2D eigenvalue weighted by Gasteiger charge is -2.20. The van der Waals surface area contributed by atoms with Gasteiger partial charge in [-0.2, -0.15) is 0 Å². The molecule has 4 aliphatic rings. The van der Waals surface area contributed by atoms with E-state index in [9.17, 15) is 9.59 Å². The van der Waals surface area contributed by atoms with E-state index in [1.54, 1.807) is 18.7 Å². The number of ether oxygens (including phenoxy) is 6. The van der Waals surface area contributed by atoms with E-state index in [1.165, 1.54) is 36.9 Å². The van der Waals surface area contributed by atoms with E-state index in [-0.39, 0.29) is 31.6 Å². The van der Waals surface area contributed by atoms with E-state index in [0.29, 0.717) is 47.5 Å². The van der Waals surface area contributed by atoms with Crippen molar-refractivity contribution in [1.82, 2.24) is 0 Å². The van der Waals surface area contributed by atoms with E-state index in [2.05, 4.69) is 27.7 Å². The lowest BCUT2D eigenvalue weighted by molar-refractivity contribution is -0.140. The number of benzene rings is 2. The zero-order chi connectivity index (χ0) is 34.1. The molecule has 47 heavy (non-hydrogen) atoms. The molecule has 6 rings (SSSR count). The van der Waals surface area contributed by atoms with Gasteiger partial charge >= 0.3 is 11.9 Å². The van der Waals surface area contributed by atoms with E-state index in [4.69, 9.17) is 28.4 Å². The fourth-order valence-corrected chi connectivity index (χ4v) is 13.8. The molecular formula is C33H40O8S6. The van der Waals surface area contributed by atoms with Crippen LogP contribution >= 0.6 is 70.6 Å². The van der Waals surface area contributed by atoms with E-state index < -0.39 is 11.6 Å². The summed E-state index contributed by atoms with van der Waals surface area (Å²) in [5.41, 5.74) is 2.06. The van der Waals surface area contributed by atoms with Crippen molar-refractivity contribution in [3.63, 3.8) is 0 Å². The number of hydrogen-bond donors (Lipinski definition) is 0. The molecule has 0 amide bonds. The highest BCUT2D eigenvalue weighted by molar-refractivity contribution is 8.22. The lowest BCUT2D eigenvalue weighted by Crippen LogP contribution is -2.31. The third-order valence-electron chi connectivity index (χ3n) is 7.16. The van der Waals surface area contributed by atoms with Gasteiger partial charge in [0.25, 0.3) is 0 Å². The molecule has 0 fully saturated rings. The van der Waals surface area contributed by atoms with E-state index in [1.807, 2.05) is 81.7 Å². The van der Waals surface area contributed by atoms with Gasteiger partial charge in [0, 0.05) is 64.2 Å². The highest BCUT2D eigenvalue weighted by Crippen LogP contribution is 2.68. The van der Waals surface area contributed by atoms with Crippen LogP contribution in [0.1, 0.15) is 80.4 Å². The van der Waals surface area contributed by atoms with Gasteiger partial charge in [0.1, 0.15) is 4.90 Å². The van der Waals surface area contributed by atoms with Crippen molar-refractivity contribution in [2.24, 2.45) is 0 Å². The molecule has 2 aromatic rings. The summed E-state index contributed by atoms with van der Waals surface area (Å²) >= 11 is 10.3. The number of carbonyl (C=O) groups is 2. The first-order valence-corrected chi connectivity index (χ1v) is 20.7. The Labute approximate surface area is 302 Å². The van der Waals surface area contributed by atoms with Crippen molar-refractivity contribution in [2.75, 3.05) is 24.7 Å². The van der Waals surface area contributed by atoms with Crippen LogP contribution in [0.15, 0.2) is 29.4 Å². The Hall–Kier alpha value is -1.32. The van der Waals surface area contributed by atoms with Crippen molar-refractivity contribution >= 4 is 82.5 Å². The van der Waals surface area contributed by atoms with Crippen molar-refractivity contribution in [2.45, 2.75) is 125 Å². The van der Waals surface area contributed by atoms with Crippen LogP contribution in [0.4, 0.5) is 0 Å². The van der Waals surface area contributed by atoms with Crippen molar-refractivity contribution in [3.8, 4) is 23.0 Å². The summed E-state index contributed by atoms with van der Waals surface area (Å²) in [7, 11) is 0. The molecule has 0 aromatic heterocycles. The maximum atomic E-state index is 12.5. The van der Waals surface area contributed by atoms with Gasteiger partial charge < -0.3 is 28.4 Å². The zero-order valence-electron chi connectivity index (χ0n) is 28.3. The molecule has 8 nitrogen and oxygen atoms in total. The Kier molecular flexibility index (Phi) is 9.65. The number of carbonyl (C=O) groups excluding carboxylic acids is 2. The quantitative estimate of drug-likeness (QED) is 0.170. The molecule has 0 spiro atoms. The van der Waals surface area contributed by atoms with Crippen LogP contribution in [0.5, 0.6) is 23.0 Å². The smallest absolute Gasteiger partial charge is 0.316 e. The minimum atomic E-state index is -0.933. The average molecular weight is 757 g/mol. The van der Waals surface area contributed by atoms with Gasteiger partial charge in [-0.05, 0) is 47.1 Å². The monoisotopic (exact) mass is 756 g/mol. The van der Waals surface area contributed by atoms with Gasteiger partial charge in [0.15, 0.2) is 23.0 Å². The van der Waals surface area contributed by atoms with Crippen LogP contribution in [0.2, 0.25) is 0 Å². The SMILES string of the molecule is CCOC(=O)CSc1c2c(c(Cc3c4c(c(SCC(=O)OCC)c5c3SC(C)(C)S5)SC(C)(C)S4)c3c1OC(C)(C)O3)OC(C)(C)O2. The summed E-state index contributed by atoms with van der Waals surface area (Å²) in [4.78, 5) is 31.6. The summed E-state index contributed by atoms with van der Waals surface area (Å²) in [6, 6.07) is 0. The number of esters is 2. The molecule has 14 heteroatoms. The number of thioether (sulfide) groups is 6. The fraction of sp³-hybridized carbons (Fsp3) is 0.576. The topological polar surface area (TPSA) is 89.5 Å². The predicted molar refractivity (Wildman–Crippen MR) is 193 cm³/mol. The minimum absolute atomic E-state index is 0.0947. The second-order valence-electron chi connectivity index (χ2n) is 13.0.